The number of amides is 1. The number of hydrogen-bond donors (Lipinski definition) is 4. The van der Waals surface area contributed by atoms with Crippen LogP contribution >= 0.6 is 11.3 Å². The lowest BCUT2D eigenvalue weighted by molar-refractivity contribution is -0.192. The van der Waals surface area contributed by atoms with E-state index >= 15 is 0 Å². The number of aromatic nitrogens is 3. The standard InChI is InChI=1S/C24H24N4O3S.C2HF3O2/c29-22(30)9-3-1-2-8-19(28-24(31)21-14-25-15-32-21)23-26-13-20(27-23)18-11-10-16-6-4-5-7-17(16)12-18;3-2(4,5)1(6)7/h4-7,10-15,19H,1-3,8-9H2,(H,26,27)(H,28,31)(H,29,30);(H,6,7)/t19-;/m0./s1. The minimum absolute atomic E-state index is 0.157. The second kappa shape index (κ2) is 13.5. The Morgan fingerprint density at radius 1 is 1.00 bits per heavy atom. The highest BCUT2D eigenvalue weighted by Crippen LogP contribution is 2.26. The summed E-state index contributed by atoms with van der Waals surface area (Å²) >= 11 is 1.29. The third-order valence-electron chi connectivity index (χ3n) is 5.57. The van der Waals surface area contributed by atoms with Crippen LogP contribution in [0.25, 0.3) is 22.0 Å². The normalized spacial score (nSPS) is 11.9. The number of aromatic amines is 1. The molecule has 4 rings (SSSR count). The van der Waals surface area contributed by atoms with Gasteiger partial charge in [0.15, 0.2) is 0 Å². The molecule has 0 radical (unpaired) electrons. The number of unbranched alkanes of at least 4 members (excludes halogenated alkanes) is 2. The Hall–Kier alpha value is -4.26. The number of alkyl halides is 3. The average Bonchev–Trinajstić information content (AvgIpc) is 3.60. The van der Waals surface area contributed by atoms with Gasteiger partial charge in [0.25, 0.3) is 5.91 Å². The van der Waals surface area contributed by atoms with E-state index in [9.17, 15) is 22.8 Å². The van der Waals surface area contributed by atoms with Crippen molar-refractivity contribution in [2.45, 2.75) is 44.3 Å². The summed E-state index contributed by atoms with van der Waals surface area (Å²) in [6.45, 7) is 0. The van der Waals surface area contributed by atoms with E-state index in [1.807, 2.05) is 12.1 Å². The molecule has 39 heavy (non-hydrogen) atoms. The molecule has 0 aliphatic carbocycles. The van der Waals surface area contributed by atoms with Gasteiger partial charge in [-0.3, -0.25) is 14.6 Å². The van der Waals surface area contributed by atoms with Crippen molar-refractivity contribution in [3.05, 3.63) is 71.1 Å². The molecule has 13 heteroatoms. The van der Waals surface area contributed by atoms with Crippen LogP contribution in [0.3, 0.4) is 0 Å². The van der Waals surface area contributed by atoms with Gasteiger partial charge in [0, 0.05) is 12.0 Å². The molecule has 0 unspecified atom stereocenters. The predicted octanol–water partition coefficient (Wildman–Crippen LogP) is 5.83. The number of nitrogens with zero attached hydrogens (tertiary/aromatic N) is 2. The van der Waals surface area contributed by atoms with Gasteiger partial charge >= 0.3 is 18.1 Å². The number of imidazole rings is 1. The van der Waals surface area contributed by atoms with E-state index in [1.165, 1.54) is 16.7 Å². The Balaban J connectivity index is 0.000000532. The maximum absolute atomic E-state index is 12.6. The summed E-state index contributed by atoms with van der Waals surface area (Å²) in [5, 5.41) is 21.3. The van der Waals surface area contributed by atoms with Crippen LogP contribution < -0.4 is 5.32 Å². The van der Waals surface area contributed by atoms with Gasteiger partial charge in [0.05, 0.1) is 29.6 Å². The summed E-state index contributed by atoms with van der Waals surface area (Å²) in [6.07, 6.45) is 1.25. The van der Waals surface area contributed by atoms with Crippen molar-refractivity contribution in [2.24, 2.45) is 0 Å². The highest BCUT2D eigenvalue weighted by atomic mass is 32.1. The van der Waals surface area contributed by atoms with Crippen LogP contribution in [0.15, 0.2) is 60.4 Å². The van der Waals surface area contributed by atoms with Gasteiger partial charge in [0.2, 0.25) is 0 Å². The fourth-order valence-corrected chi connectivity index (χ4v) is 4.18. The molecule has 0 aliphatic rings. The minimum Gasteiger partial charge on any atom is -0.481 e. The van der Waals surface area contributed by atoms with Crippen molar-refractivity contribution in [2.75, 3.05) is 0 Å². The third-order valence-corrected chi connectivity index (χ3v) is 6.35. The number of carboxylic acids is 2. The maximum Gasteiger partial charge on any atom is 0.490 e. The molecule has 0 fully saturated rings. The second-order valence-electron chi connectivity index (χ2n) is 8.43. The molecule has 1 atom stereocenters. The number of carbonyl (C=O) groups excluding carboxylic acids is 1. The Morgan fingerprint density at radius 3 is 2.36 bits per heavy atom. The lowest BCUT2D eigenvalue weighted by Crippen LogP contribution is -2.28. The fraction of sp³-hybridized carbons (Fsp3) is 0.269. The molecule has 2 heterocycles. The van der Waals surface area contributed by atoms with E-state index in [4.69, 9.17) is 15.0 Å². The molecule has 0 saturated carbocycles. The number of thiazole rings is 1. The van der Waals surface area contributed by atoms with Crippen LogP contribution in [0.2, 0.25) is 0 Å². The van der Waals surface area contributed by atoms with E-state index in [0.717, 1.165) is 29.5 Å². The molecule has 4 N–H and O–H groups in total. The quantitative estimate of drug-likeness (QED) is 0.178. The number of halogens is 3. The molecule has 206 valence electrons. The molecular formula is C26H25F3N4O5S. The average molecular weight is 563 g/mol. The summed E-state index contributed by atoms with van der Waals surface area (Å²) in [4.78, 5) is 44.7. The molecule has 2 aromatic carbocycles. The summed E-state index contributed by atoms with van der Waals surface area (Å²) in [5.41, 5.74) is 3.53. The highest BCUT2D eigenvalue weighted by molar-refractivity contribution is 7.11. The van der Waals surface area contributed by atoms with Crippen LogP contribution in [0.5, 0.6) is 0 Å². The zero-order valence-electron chi connectivity index (χ0n) is 20.4. The molecule has 9 nitrogen and oxygen atoms in total. The molecule has 2 aromatic heterocycles. The number of aliphatic carboxylic acids is 2. The van der Waals surface area contributed by atoms with Gasteiger partial charge in [-0.2, -0.15) is 13.2 Å². The number of hydrogen-bond acceptors (Lipinski definition) is 6. The van der Waals surface area contributed by atoms with Crippen molar-refractivity contribution in [1.82, 2.24) is 20.3 Å². The van der Waals surface area contributed by atoms with Crippen molar-refractivity contribution in [3.8, 4) is 11.3 Å². The van der Waals surface area contributed by atoms with E-state index in [1.54, 1.807) is 17.9 Å². The first-order chi connectivity index (χ1) is 18.5. The number of benzene rings is 2. The molecule has 1 amide bonds. The lowest BCUT2D eigenvalue weighted by Gasteiger charge is -2.16. The summed E-state index contributed by atoms with van der Waals surface area (Å²) < 4.78 is 31.7. The number of rotatable bonds is 10. The predicted molar refractivity (Wildman–Crippen MR) is 138 cm³/mol. The van der Waals surface area contributed by atoms with Crippen molar-refractivity contribution in [3.63, 3.8) is 0 Å². The number of H-pyrrole nitrogens is 1. The molecule has 4 aromatic rings. The van der Waals surface area contributed by atoms with E-state index < -0.39 is 18.1 Å². The van der Waals surface area contributed by atoms with Crippen LogP contribution in [0.1, 0.15) is 53.6 Å². The van der Waals surface area contributed by atoms with Gasteiger partial charge in [0.1, 0.15) is 10.7 Å². The Kier molecular flexibility index (Phi) is 10.1. The molecule has 0 bridgehead atoms. The number of nitrogens with one attached hydrogen (secondary N) is 2. The molecule has 0 spiro atoms. The van der Waals surface area contributed by atoms with Crippen LogP contribution in [0, 0.1) is 0 Å². The van der Waals surface area contributed by atoms with Gasteiger partial charge < -0.3 is 20.5 Å². The van der Waals surface area contributed by atoms with Crippen LogP contribution in [0.4, 0.5) is 13.2 Å². The first-order valence-electron chi connectivity index (χ1n) is 11.8. The Morgan fingerprint density at radius 2 is 1.72 bits per heavy atom. The smallest absolute Gasteiger partial charge is 0.481 e. The van der Waals surface area contributed by atoms with E-state index in [2.05, 4.69) is 50.6 Å². The zero-order chi connectivity index (χ0) is 28.4. The summed E-state index contributed by atoms with van der Waals surface area (Å²) in [5.74, 6) is -3.05. The Bertz CT molecular complexity index is 1410. The second-order valence-corrected chi connectivity index (χ2v) is 9.32. The largest absolute Gasteiger partial charge is 0.490 e. The minimum atomic E-state index is -5.08. The SMILES string of the molecule is O=C(O)C(F)(F)F.O=C(O)CCCCC[C@H](NC(=O)c1cncs1)c1ncc(-c2ccc3ccccc3c2)[nH]1. The molecule has 0 saturated heterocycles. The topological polar surface area (TPSA) is 145 Å². The fourth-order valence-electron chi connectivity index (χ4n) is 3.65. The van der Waals surface area contributed by atoms with Crippen molar-refractivity contribution >= 4 is 40.0 Å². The summed E-state index contributed by atoms with van der Waals surface area (Å²) in [7, 11) is 0. The molecule has 0 aliphatic heterocycles. The first-order valence-corrected chi connectivity index (χ1v) is 12.7. The monoisotopic (exact) mass is 562 g/mol. The van der Waals surface area contributed by atoms with E-state index in [-0.39, 0.29) is 18.4 Å². The van der Waals surface area contributed by atoms with E-state index in [0.29, 0.717) is 23.5 Å². The zero-order valence-corrected chi connectivity index (χ0v) is 21.3. The van der Waals surface area contributed by atoms with Gasteiger partial charge in [-0.1, -0.05) is 49.2 Å². The number of carboxylic acid groups (broad SMARTS) is 2. The number of carbonyl (C=O) groups is 3. The van der Waals surface area contributed by atoms with Gasteiger partial charge in [-0.25, -0.2) is 9.78 Å². The van der Waals surface area contributed by atoms with Crippen molar-refractivity contribution < 1.29 is 37.8 Å². The number of fused-ring (bicyclic) bond motifs is 1. The van der Waals surface area contributed by atoms with Gasteiger partial charge in [-0.15, -0.1) is 11.3 Å². The van der Waals surface area contributed by atoms with Crippen LogP contribution in [-0.4, -0.2) is 49.2 Å². The maximum atomic E-state index is 12.6. The third kappa shape index (κ3) is 8.92. The summed E-state index contributed by atoms with van der Waals surface area (Å²) in [6, 6.07) is 14.1. The van der Waals surface area contributed by atoms with Gasteiger partial charge in [-0.05, 0) is 29.7 Å². The van der Waals surface area contributed by atoms with Crippen molar-refractivity contribution in [1.29, 1.82) is 0 Å². The first kappa shape index (κ1) is 29.3. The molecular weight excluding hydrogens is 537 g/mol. The van der Waals surface area contributed by atoms with Crippen LogP contribution in [-0.2, 0) is 9.59 Å². The highest BCUT2D eigenvalue weighted by Gasteiger charge is 2.38. The lowest BCUT2D eigenvalue weighted by atomic mass is 10.1. The Labute approximate surface area is 224 Å².